The van der Waals surface area contributed by atoms with Crippen molar-refractivity contribution in [3.05, 3.63) is 88.5 Å². The summed E-state index contributed by atoms with van der Waals surface area (Å²) < 4.78 is 26.0. The summed E-state index contributed by atoms with van der Waals surface area (Å²) >= 11 is 2.84. The molecule has 0 bridgehead atoms. The van der Waals surface area contributed by atoms with E-state index in [9.17, 15) is 8.42 Å². The lowest BCUT2D eigenvalue weighted by Gasteiger charge is -2.08. The minimum absolute atomic E-state index is 0.313. The maximum absolute atomic E-state index is 13.0. The van der Waals surface area contributed by atoms with Crippen LogP contribution in [0.3, 0.4) is 0 Å². The Morgan fingerprint density at radius 3 is 2.13 bits per heavy atom. The van der Waals surface area contributed by atoms with Gasteiger partial charge in [0.15, 0.2) is 0 Å². The minimum Gasteiger partial charge on any atom is -0.218 e. The lowest BCUT2D eigenvalue weighted by Crippen LogP contribution is -2.02. The molecule has 2 nitrogen and oxygen atoms in total. The first kappa shape index (κ1) is 16.1. The second-order valence-electron chi connectivity index (χ2n) is 4.71. The van der Waals surface area contributed by atoms with E-state index in [1.165, 1.54) is 23.1 Å². The fourth-order valence-corrected chi connectivity index (χ4v) is 5.64. The molecule has 0 radical (unpaired) electrons. The first-order valence-corrected chi connectivity index (χ1v) is 10.2. The van der Waals surface area contributed by atoms with Crippen molar-refractivity contribution in [3.63, 3.8) is 0 Å². The summed E-state index contributed by atoms with van der Waals surface area (Å²) in [7, 11) is -3.54. The van der Waals surface area contributed by atoms with Crippen LogP contribution in [-0.4, -0.2) is 8.42 Å². The van der Waals surface area contributed by atoms with Gasteiger partial charge in [0.1, 0.15) is 0 Å². The van der Waals surface area contributed by atoms with Gasteiger partial charge in [-0.3, -0.25) is 0 Å². The van der Waals surface area contributed by atoms with E-state index in [-0.39, 0.29) is 0 Å². The molecule has 0 saturated carbocycles. The zero-order chi connectivity index (χ0) is 16.1. The van der Waals surface area contributed by atoms with Crippen LogP contribution in [-0.2, 0) is 9.84 Å². The highest BCUT2D eigenvalue weighted by Crippen LogP contribution is 2.34. The Kier molecular flexibility index (Phi) is 5.00. The van der Waals surface area contributed by atoms with E-state index >= 15 is 0 Å². The predicted molar refractivity (Wildman–Crippen MR) is 98.2 cm³/mol. The van der Waals surface area contributed by atoms with Gasteiger partial charge >= 0.3 is 0 Å². The molecule has 0 saturated heterocycles. The average Bonchev–Trinajstić information content (AvgIpc) is 3.11. The molecule has 0 atom stereocenters. The Labute approximate surface area is 144 Å². The Bertz CT molecular complexity index is 882. The van der Waals surface area contributed by atoms with Crippen LogP contribution in [0, 0.1) is 0 Å². The van der Waals surface area contributed by atoms with E-state index in [1.807, 2.05) is 53.9 Å². The van der Waals surface area contributed by atoms with Gasteiger partial charge in [-0.25, -0.2) is 8.42 Å². The topological polar surface area (TPSA) is 34.1 Å². The Morgan fingerprint density at radius 1 is 0.870 bits per heavy atom. The average molecular weight is 359 g/mol. The standard InChI is InChI=1S/C18H14O2S3/c19-23(20,16-10-5-2-6-11-16)18(17-12-7-13-21-17)14-22-15-8-3-1-4-9-15/h1-14H/b18-14+. The number of sulfone groups is 1. The van der Waals surface area contributed by atoms with Crippen LogP contribution in [0.5, 0.6) is 0 Å². The normalized spacial score (nSPS) is 12.3. The van der Waals surface area contributed by atoms with E-state index < -0.39 is 9.84 Å². The molecule has 5 heteroatoms. The molecular formula is C18H14O2S3. The van der Waals surface area contributed by atoms with Crippen LogP contribution >= 0.6 is 23.1 Å². The molecule has 0 aliphatic rings. The van der Waals surface area contributed by atoms with Crippen LogP contribution in [0.25, 0.3) is 4.91 Å². The van der Waals surface area contributed by atoms with E-state index in [1.54, 1.807) is 29.7 Å². The van der Waals surface area contributed by atoms with Crippen molar-refractivity contribution >= 4 is 37.8 Å². The number of thioether (sulfide) groups is 1. The highest BCUT2D eigenvalue weighted by atomic mass is 32.2. The lowest BCUT2D eigenvalue weighted by molar-refractivity contribution is 0.606. The van der Waals surface area contributed by atoms with Crippen molar-refractivity contribution in [2.24, 2.45) is 0 Å². The van der Waals surface area contributed by atoms with Crippen molar-refractivity contribution in [1.29, 1.82) is 0 Å². The van der Waals surface area contributed by atoms with Crippen LogP contribution in [0.1, 0.15) is 4.88 Å². The quantitative estimate of drug-likeness (QED) is 0.579. The first-order valence-electron chi connectivity index (χ1n) is 6.94. The van der Waals surface area contributed by atoms with Gasteiger partial charge < -0.3 is 0 Å². The highest BCUT2D eigenvalue weighted by molar-refractivity contribution is 8.06. The Balaban J connectivity index is 2.03. The summed E-state index contributed by atoms with van der Waals surface area (Å²) in [5.74, 6) is 0. The van der Waals surface area contributed by atoms with Gasteiger partial charge in [0.2, 0.25) is 9.84 Å². The Morgan fingerprint density at radius 2 is 1.52 bits per heavy atom. The van der Waals surface area contributed by atoms with Gasteiger partial charge in [-0.1, -0.05) is 54.2 Å². The molecule has 2 aromatic carbocycles. The predicted octanol–water partition coefficient (Wildman–Crippen LogP) is 5.31. The van der Waals surface area contributed by atoms with Gasteiger partial charge in [-0.05, 0) is 41.1 Å². The number of rotatable bonds is 5. The second-order valence-corrected chi connectivity index (χ2v) is 8.52. The van der Waals surface area contributed by atoms with Crippen LogP contribution in [0.4, 0.5) is 0 Å². The monoisotopic (exact) mass is 358 g/mol. The van der Waals surface area contributed by atoms with Crippen molar-refractivity contribution < 1.29 is 8.42 Å². The number of thiophene rings is 1. The maximum Gasteiger partial charge on any atom is 0.208 e. The molecule has 0 fully saturated rings. The zero-order valence-electron chi connectivity index (χ0n) is 12.1. The maximum atomic E-state index is 13.0. The second kappa shape index (κ2) is 7.17. The largest absolute Gasteiger partial charge is 0.218 e. The van der Waals surface area contributed by atoms with Gasteiger partial charge in [-0.2, -0.15) is 0 Å². The fourth-order valence-electron chi connectivity index (χ4n) is 2.02. The van der Waals surface area contributed by atoms with Gasteiger partial charge in [0, 0.05) is 9.77 Å². The summed E-state index contributed by atoms with van der Waals surface area (Å²) in [5.41, 5.74) is 0. The molecule has 3 rings (SSSR count). The third kappa shape index (κ3) is 3.75. The molecule has 23 heavy (non-hydrogen) atoms. The highest BCUT2D eigenvalue weighted by Gasteiger charge is 2.22. The summed E-state index contributed by atoms with van der Waals surface area (Å²) in [6.07, 6.45) is 0. The van der Waals surface area contributed by atoms with Crippen LogP contribution in [0.2, 0.25) is 0 Å². The molecule has 0 aliphatic heterocycles. The minimum atomic E-state index is -3.54. The third-order valence-corrected chi connectivity index (χ3v) is 7.04. The smallest absolute Gasteiger partial charge is 0.208 e. The first-order chi connectivity index (χ1) is 11.2. The van der Waals surface area contributed by atoms with Gasteiger partial charge in [0.25, 0.3) is 0 Å². The molecule has 0 amide bonds. The molecule has 0 aliphatic carbocycles. The van der Waals surface area contributed by atoms with Crippen molar-refractivity contribution in [2.45, 2.75) is 9.79 Å². The Hall–Kier alpha value is -1.82. The molecule has 3 aromatic rings. The molecule has 0 spiro atoms. The SMILES string of the molecule is O=S(=O)(/C(=C/Sc1ccccc1)c1cccs1)c1ccccc1. The summed E-state index contributed by atoms with van der Waals surface area (Å²) in [4.78, 5) is 2.41. The molecule has 0 unspecified atom stereocenters. The van der Waals surface area contributed by atoms with Crippen LogP contribution in [0.15, 0.2) is 93.4 Å². The number of hydrogen-bond donors (Lipinski definition) is 0. The van der Waals surface area contributed by atoms with Crippen LogP contribution < -0.4 is 0 Å². The summed E-state index contributed by atoms with van der Waals surface area (Å²) in [5, 5.41) is 3.61. The van der Waals surface area contributed by atoms with Gasteiger partial charge in [0.05, 0.1) is 9.80 Å². The lowest BCUT2D eigenvalue weighted by atomic mass is 10.4. The molecule has 1 heterocycles. The zero-order valence-corrected chi connectivity index (χ0v) is 14.6. The molecule has 0 N–H and O–H groups in total. The molecular weight excluding hydrogens is 344 g/mol. The third-order valence-electron chi connectivity index (χ3n) is 3.15. The molecule has 116 valence electrons. The van der Waals surface area contributed by atoms with Crippen molar-refractivity contribution in [2.75, 3.05) is 0 Å². The van der Waals surface area contributed by atoms with Gasteiger partial charge in [-0.15, -0.1) is 11.3 Å². The van der Waals surface area contributed by atoms with E-state index in [4.69, 9.17) is 0 Å². The fraction of sp³-hybridized carbons (Fsp3) is 0. The number of benzene rings is 2. The summed E-state index contributed by atoms with van der Waals surface area (Å²) in [6, 6.07) is 22.0. The number of hydrogen-bond acceptors (Lipinski definition) is 4. The van der Waals surface area contributed by atoms with E-state index in [2.05, 4.69) is 0 Å². The summed E-state index contributed by atoms with van der Waals surface area (Å²) in [6.45, 7) is 0. The van der Waals surface area contributed by atoms with E-state index in [0.717, 1.165) is 9.77 Å². The molecule has 1 aromatic heterocycles. The van der Waals surface area contributed by atoms with Crippen molar-refractivity contribution in [1.82, 2.24) is 0 Å². The van der Waals surface area contributed by atoms with Crippen molar-refractivity contribution in [3.8, 4) is 0 Å². The van der Waals surface area contributed by atoms with E-state index in [0.29, 0.717) is 9.80 Å².